The van der Waals surface area contributed by atoms with Crippen LogP contribution in [0.4, 0.5) is 0 Å². The van der Waals surface area contributed by atoms with Gasteiger partial charge in [-0.2, -0.15) is 5.10 Å². The number of esters is 1. The third-order valence-electron chi connectivity index (χ3n) is 4.30. The lowest BCUT2D eigenvalue weighted by Crippen LogP contribution is -2.24. The number of rotatable bonds is 8. The van der Waals surface area contributed by atoms with Crippen LogP contribution in [0.15, 0.2) is 71.8 Å². The normalized spacial score (nSPS) is 10.6. The Bertz CT molecular complexity index is 1130. The molecule has 0 aromatic heterocycles. The highest BCUT2D eigenvalue weighted by Crippen LogP contribution is 2.28. The summed E-state index contributed by atoms with van der Waals surface area (Å²) in [6, 6.07) is 18.7. The van der Waals surface area contributed by atoms with Crippen LogP contribution in [-0.4, -0.2) is 31.8 Å². The first-order valence-electron chi connectivity index (χ1n) is 9.62. The van der Waals surface area contributed by atoms with Crippen LogP contribution in [0.3, 0.4) is 0 Å². The summed E-state index contributed by atoms with van der Waals surface area (Å²) in [4.78, 5) is 24.2. The van der Waals surface area contributed by atoms with Gasteiger partial charge in [-0.25, -0.2) is 10.2 Å². The molecule has 0 unspecified atom stereocenters. The Morgan fingerprint density at radius 2 is 1.75 bits per heavy atom. The first kappa shape index (κ1) is 22.8. The van der Waals surface area contributed by atoms with E-state index in [1.54, 1.807) is 60.7 Å². The maximum atomic E-state index is 12.2. The molecule has 3 aromatic carbocycles. The largest absolute Gasteiger partial charge is 0.493 e. The van der Waals surface area contributed by atoms with Crippen molar-refractivity contribution in [1.29, 1.82) is 0 Å². The summed E-state index contributed by atoms with van der Waals surface area (Å²) in [6.07, 6.45) is 1.44. The van der Waals surface area contributed by atoms with Crippen molar-refractivity contribution in [3.05, 3.63) is 88.4 Å². The summed E-state index contributed by atoms with van der Waals surface area (Å²) in [5.41, 5.74) is 4.28. The maximum Gasteiger partial charge on any atom is 0.343 e. The van der Waals surface area contributed by atoms with E-state index in [1.807, 2.05) is 13.0 Å². The number of carbonyl (C=O) groups excluding carboxylic acids is 2. The van der Waals surface area contributed by atoms with Crippen molar-refractivity contribution in [2.24, 2.45) is 5.10 Å². The SMILES string of the molecule is COc1cc(C=NNC(=O)COc2ccc(Cl)cc2C)ccc1OC(=O)c1ccccc1. The molecule has 3 rings (SSSR count). The standard InChI is InChI=1S/C24H21ClN2O5/c1-16-12-19(25)9-11-20(16)31-15-23(28)27-26-14-17-8-10-21(22(13-17)30-2)32-24(29)18-6-4-3-5-7-18/h3-14H,15H2,1-2H3,(H,27,28). The molecule has 1 N–H and O–H groups in total. The summed E-state index contributed by atoms with van der Waals surface area (Å²) < 4.78 is 16.2. The summed E-state index contributed by atoms with van der Waals surface area (Å²) >= 11 is 5.90. The van der Waals surface area contributed by atoms with Gasteiger partial charge in [0.1, 0.15) is 5.75 Å². The van der Waals surface area contributed by atoms with Gasteiger partial charge in [0, 0.05) is 5.02 Å². The van der Waals surface area contributed by atoms with Gasteiger partial charge in [0.25, 0.3) is 5.91 Å². The second kappa shape index (κ2) is 11.0. The van der Waals surface area contributed by atoms with Gasteiger partial charge < -0.3 is 14.2 Å². The topological polar surface area (TPSA) is 86.2 Å². The number of carbonyl (C=O) groups is 2. The number of nitrogens with zero attached hydrogens (tertiary/aromatic N) is 1. The van der Waals surface area contributed by atoms with E-state index < -0.39 is 11.9 Å². The number of hydrazone groups is 1. The number of halogens is 1. The number of hydrogen-bond donors (Lipinski definition) is 1. The van der Waals surface area contributed by atoms with Gasteiger partial charge in [-0.15, -0.1) is 0 Å². The van der Waals surface area contributed by atoms with Crippen LogP contribution < -0.4 is 19.6 Å². The fraction of sp³-hybridized carbons (Fsp3) is 0.125. The Hall–Kier alpha value is -3.84. The number of ether oxygens (including phenoxy) is 3. The van der Waals surface area contributed by atoms with Crippen LogP contribution in [-0.2, 0) is 4.79 Å². The molecule has 0 saturated carbocycles. The molecule has 0 fully saturated rings. The third kappa shape index (κ3) is 6.33. The van der Waals surface area contributed by atoms with Crippen molar-refractivity contribution in [2.75, 3.05) is 13.7 Å². The molecule has 164 valence electrons. The Morgan fingerprint density at radius 3 is 2.47 bits per heavy atom. The zero-order valence-electron chi connectivity index (χ0n) is 17.5. The summed E-state index contributed by atoms with van der Waals surface area (Å²) in [6.45, 7) is 1.64. The minimum atomic E-state index is -0.492. The monoisotopic (exact) mass is 452 g/mol. The predicted octanol–water partition coefficient (Wildman–Crippen LogP) is 4.41. The van der Waals surface area contributed by atoms with Crippen molar-refractivity contribution < 1.29 is 23.8 Å². The quantitative estimate of drug-likeness (QED) is 0.237. The molecule has 7 nitrogen and oxygen atoms in total. The predicted molar refractivity (Wildman–Crippen MR) is 122 cm³/mol. The summed E-state index contributed by atoms with van der Waals surface area (Å²) in [5.74, 6) is 0.281. The van der Waals surface area contributed by atoms with Crippen LogP contribution >= 0.6 is 11.6 Å². The zero-order valence-corrected chi connectivity index (χ0v) is 18.3. The molecule has 0 spiro atoms. The molecule has 1 amide bonds. The van der Waals surface area contributed by atoms with Gasteiger partial charge in [0.2, 0.25) is 0 Å². The number of aryl methyl sites for hydroxylation is 1. The lowest BCUT2D eigenvalue weighted by atomic mass is 10.2. The highest BCUT2D eigenvalue weighted by Gasteiger charge is 2.12. The first-order chi connectivity index (χ1) is 15.5. The van der Waals surface area contributed by atoms with Crippen molar-refractivity contribution >= 4 is 29.7 Å². The smallest absolute Gasteiger partial charge is 0.343 e. The van der Waals surface area contributed by atoms with Crippen LogP contribution in [0.1, 0.15) is 21.5 Å². The lowest BCUT2D eigenvalue weighted by molar-refractivity contribution is -0.123. The second-order valence-corrected chi connectivity index (χ2v) is 7.09. The van der Waals surface area contributed by atoms with Crippen LogP contribution in [0, 0.1) is 6.92 Å². The van der Waals surface area contributed by atoms with E-state index >= 15 is 0 Å². The minimum Gasteiger partial charge on any atom is -0.493 e. The van der Waals surface area contributed by atoms with Crippen molar-refractivity contribution in [1.82, 2.24) is 5.43 Å². The highest BCUT2D eigenvalue weighted by atomic mass is 35.5. The molecule has 3 aromatic rings. The van der Waals surface area contributed by atoms with E-state index in [1.165, 1.54) is 13.3 Å². The molecule has 0 heterocycles. The van der Waals surface area contributed by atoms with Crippen LogP contribution in [0.25, 0.3) is 0 Å². The Balaban J connectivity index is 1.56. The molecule has 0 aliphatic heterocycles. The van der Waals surface area contributed by atoms with Gasteiger partial charge in [0.05, 0.1) is 18.9 Å². The van der Waals surface area contributed by atoms with Gasteiger partial charge >= 0.3 is 5.97 Å². The van der Waals surface area contributed by atoms with E-state index in [4.69, 9.17) is 25.8 Å². The molecular weight excluding hydrogens is 432 g/mol. The second-order valence-electron chi connectivity index (χ2n) is 6.66. The molecule has 8 heteroatoms. The molecule has 0 aliphatic carbocycles. The summed E-state index contributed by atoms with van der Waals surface area (Å²) in [5, 5.41) is 4.51. The number of amides is 1. The van der Waals surface area contributed by atoms with Gasteiger partial charge in [-0.05, 0) is 66.6 Å². The molecule has 0 radical (unpaired) electrons. The zero-order chi connectivity index (χ0) is 22.9. The van der Waals surface area contributed by atoms with E-state index in [0.29, 0.717) is 27.6 Å². The summed E-state index contributed by atoms with van der Waals surface area (Å²) in [7, 11) is 1.47. The lowest BCUT2D eigenvalue weighted by Gasteiger charge is -2.10. The van der Waals surface area contributed by atoms with Crippen molar-refractivity contribution in [3.8, 4) is 17.2 Å². The number of methoxy groups -OCH3 is 1. The fourth-order valence-corrected chi connectivity index (χ4v) is 2.94. The Morgan fingerprint density at radius 1 is 1.00 bits per heavy atom. The Kier molecular flexibility index (Phi) is 7.83. The average Bonchev–Trinajstić information content (AvgIpc) is 2.80. The number of benzene rings is 3. The van der Waals surface area contributed by atoms with Gasteiger partial charge in [-0.3, -0.25) is 4.79 Å². The molecule has 0 bridgehead atoms. The molecule has 0 atom stereocenters. The number of nitrogens with one attached hydrogen (secondary N) is 1. The average molecular weight is 453 g/mol. The third-order valence-corrected chi connectivity index (χ3v) is 4.53. The molecular formula is C24H21ClN2O5. The highest BCUT2D eigenvalue weighted by molar-refractivity contribution is 6.30. The number of hydrogen-bond acceptors (Lipinski definition) is 6. The van der Waals surface area contributed by atoms with Crippen molar-refractivity contribution in [2.45, 2.75) is 6.92 Å². The molecule has 0 aliphatic rings. The van der Waals surface area contributed by atoms with E-state index in [-0.39, 0.29) is 12.4 Å². The first-order valence-corrected chi connectivity index (χ1v) is 10.00. The van der Waals surface area contributed by atoms with Gasteiger partial charge in [0.15, 0.2) is 18.1 Å². The fourth-order valence-electron chi connectivity index (χ4n) is 2.71. The maximum absolute atomic E-state index is 12.2. The van der Waals surface area contributed by atoms with E-state index in [0.717, 1.165) is 5.56 Å². The molecule has 32 heavy (non-hydrogen) atoms. The Labute approximate surface area is 190 Å². The van der Waals surface area contributed by atoms with Gasteiger partial charge in [-0.1, -0.05) is 29.8 Å². The van der Waals surface area contributed by atoms with Crippen LogP contribution in [0.5, 0.6) is 17.2 Å². The minimum absolute atomic E-state index is 0.197. The van der Waals surface area contributed by atoms with Crippen LogP contribution in [0.2, 0.25) is 5.02 Å². The molecule has 0 saturated heterocycles. The van der Waals surface area contributed by atoms with E-state index in [2.05, 4.69) is 10.5 Å². The van der Waals surface area contributed by atoms with E-state index in [9.17, 15) is 9.59 Å². The van der Waals surface area contributed by atoms with Crippen molar-refractivity contribution in [3.63, 3.8) is 0 Å².